The van der Waals surface area contributed by atoms with Crippen LogP contribution in [0.2, 0.25) is 0 Å². The van der Waals surface area contributed by atoms with Crippen molar-refractivity contribution in [1.82, 2.24) is 0 Å². The Balaban J connectivity index is 2.54. The summed E-state index contributed by atoms with van der Waals surface area (Å²) in [6.45, 7) is 7.90. The van der Waals surface area contributed by atoms with Crippen molar-refractivity contribution >= 4 is 22.8 Å². The first kappa shape index (κ1) is 15.8. The van der Waals surface area contributed by atoms with Gasteiger partial charge in [-0.3, -0.25) is 0 Å². The van der Waals surface area contributed by atoms with Crippen molar-refractivity contribution in [2.45, 2.75) is 27.7 Å². The fraction of sp³-hybridized carbons (Fsp3) is 0.222. The standard InChI is InChI=1S/C18H22N4/c1-15(2)19-21(17-11-7-5-8-12-17)22(20-16(3)4)18-13-9-6-10-14-18/h5-14H,1-4H3. The van der Waals surface area contributed by atoms with E-state index in [1.165, 1.54) is 0 Å². The third-order valence-corrected chi connectivity index (χ3v) is 2.74. The summed E-state index contributed by atoms with van der Waals surface area (Å²) in [4.78, 5) is 0. The first-order valence-corrected chi connectivity index (χ1v) is 7.32. The molecule has 4 heteroatoms. The fourth-order valence-corrected chi connectivity index (χ4v) is 1.92. The van der Waals surface area contributed by atoms with E-state index in [0.717, 1.165) is 22.8 Å². The van der Waals surface area contributed by atoms with Crippen LogP contribution >= 0.6 is 0 Å². The second-order valence-electron chi connectivity index (χ2n) is 5.34. The van der Waals surface area contributed by atoms with Gasteiger partial charge in [0.2, 0.25) is 0 Å². The van der Waals surface area contributed by atoms with Crippen molar-refractivity contribution in [2.24, 2.45) is 10.2 Å². The van der Waals surface area contributed by atoms with Gasteiger partial charge < -0.3 is 0 Å². The highest BCUT2D eigenvalue weighted by molar-refractivity contribution is 5.82. The molecule has 0 radical (unpaired) electrons. The molecular formula is C18H22N4. The van der Waals surface area contributed by atoms with Crippen LogP contribution in [0.5, 0.6) is 0 Å². The largest absolute Gasteiger partial charge is 0.160 e. The van der Waals surface area contributed by atoms with E-state index in [0.29, 0.717) is 0 Å². The summed E-state index contributed by atoms with van der Waals surface area (Å²) in [7, 11) is 0. The zero-order valence-electron chi connectivity index (χ0n) is 13.6. The summed E-state index contributed by atoms with van der Waals surface area (Å²) in [6, 6.07) is 20.0. The lowest BCUT2D eigenvalue weighted by atomic mass is 10.3. The van der Waals surface area contributed by atoms with E-state index in [4.69, 9.17) is 0 Å². The maximum atomic E-state index is 4.65. The summed E-state index contributed by atoms with van der Waals surface area (Å²) < 4.78 is 0. The van der Waals surface area contributed by atoms with E-state index in [-0.39, 0.29) is 0 Å². The molecule has 114 valence electrons. The third-order valence-electron chi connectivity index (χ3n) is 2.74. The summed E-state index contributed by atoms with van der Waals surface area (Å²) in [5, 5.41) is 12.9. The zero-order valence-corrected chi connectivity index (χ0v) is 13.6. The highest BCUT2D eigenvalue weighted by Gasteiger charge is 2.16. The van der Waals surface area contributed by atoms with Crippen molar-refractivity contribution in [2.75, 3.05) is 10.2 Å². The molecule has 2 aromatic carbocycles. The molecule has 4 nitrogen and oxygen atoms in total. The number of anilines is 2. The van der Waals surface area contributed by atoms with Gasteiger partial charge in [-0.05, 0) is 52.0 Å². The average Bonchev–Trinajstić information content (AvgIpc) is 2.52. The maximum Gasteiger partial charge on any atom is 0.0856 e. The molecule has 0 unspecified atom stereocenters. The van der Waals surface area contributed by atoms with Gasteiger partial charge in [-0.1, -0.05) is 36.4 Å². The van der Waals surface area contributed by atoms with Crippen molar-refractivity contribution in [1.29, 1.82) is 0 Å². The highest BCUT2D eigenvalue weighted by Crippen LogP contribution is 2.23. The van der Waals surface area contributed by atoms with Crippen molar-refractivity contribution in [3.63, 3.8) is 0 Å². The molecule has 0 aliphatic carbocycles. The Morgan fingerprint density at radius 2 is 0.909 bits per heavy atom. The zero-order chi connectivity index (χ0) is 15.9. The number of hydrazone groups is 2. The van der Waals surface area contributed by atoms with Crippen molar-refractivity contribution < 1.29 is 0 Å². The number of hydrogen-bond donors (Lipinski definition) is 0. The number of hydrazine groups is 1. The van der Waals surface area contributed by atoms with Crippen LogP contribution in [-0.4, -0.2) is 11.4 Å². The Kier molecular flexibility index (Phi) is 5.31. The van der Waals surface area contributed by atoms with Gasteiger partial charge >= 0.3 is 0 Å². The Morgan fingerprint density at radius 3 is 1.18 bits per heavy atom. The third kappa shape index (κ3) is 4.19. The summed E-state index contributed by atoms with van der Waals surface area (Å²) in [6.07, 6.45) is 0. The second-order valence-corrected chi connectivity index (χ2v) is 5.34. The van der Waals surface area contributed by atoms with Crippen molar-refractivity contribution in [3.05, 3.63) is 60.7 Å². The van der Waals surface area contributed by atoms with E-state index in [2.05, 4.69) is 10.2 Å². The number of benzene rings is 2. The van der Waals surface area contributed by atoms with Crippen LogP contribution in [0, 0.1) is 0 Å². The fourth-order valence-electron chi connectivity index (χ4n) is 1.92. The van der Waals surface area contributed by atoms with Crippen LogP contribution in [-0.2, 0) is 0 Å². The van der Waals surface area contributed by atoms with Crippen LogP contribution in [0.15, 0.2) is 70.9 Å². The van der Waals surface area contributed by atoms with E-state index in [9.17, 15) is 0 Å². The molecule has 0 fully saturated rings. The van der Waals surface area contributed by atoms with Gasteiger partial charge in [0.05, 0.1) is 11.4 Å². The molecule has 0 amide bonds. The monoisotopic (exact) mass is 294 g/mol. The first-order valence-electron chi connectivity index (χ1n) is 7.32. The van der Waals surface area contributed by atoms with E-state index < -0.39 is 0 Å². The SMILES string of the molecule is CC(C)=NN(c1ccccc1)N(N=C(C)C)c1ccccc1. The van der Waals surface area contributed by atoms with Gasteiger partial charge in [0, 0.05) is 11.4 Å². The van der Waals surface area contributed by atoms with Crippen LogP contribution < -0.4 is 10.2 Å². The quantitative estimate of drug-likeness (QED) is 0.591. The lowest BCUT2D eigenvalue weighted by Crippen LogP contribution is -2.36. The number of hydrogen-bond acceptors (Lipinski definition) is 4. The minimum absolute atomic E-state index is 0.953. The minimum Gasteiger partial charge on any atom is -0.160 e. The average molecular weight is 294 g/mol. The molecule has 22 heavy (non-hydrogen) atoms. The Labute approximate surface area is 132 Å². The Bertz CT molecular complexity index is 580. The van der Waals surface area contributed by atoms with Gasteiger partial charge in [-0.15, -0.1) is 0 Å². The molecule has 0 heterocycles. The predicted octanol–water partition coefficient (Wildman–Crippen LogP) is 4.71. The molecule has 0 atom stereocenters. The van der Waals surface area contributed by atoms with Gasteiger partial charge in [0.15, 0.2) is 0 Å². The minimum atomic E-state index is 0.953. The van der Waals surface area contributed by atoms with Crippen molar-refractivity contribution in [3.8, 4) is 0 Å². The lowest BCUT2D eigenvalue weighted by molar-refractivity contribution is 0.778. The highest BCUT2D eigenvalue weighted by atomic mass is 15.9. The summed E-state index contributed by atoms with van der Waals surface area (Å²) in [5.41, 5.74) is 3.82. The molecule has 0 aliphatic heterocycles. The molecule has 0 saturated carbocycles. The summed E-state index contributed by atoms with van der Waals surface area (Å²) >= 11 is 0. The van der Waals surface area contributed by atoms with E-state index >= 15 is 0 Å². The van der Waals surface area contributed by atoms with Crippen LogP contribution in [0.1, 0.15) is 27.7 Å². The van der Waals surface area contributed by atoms with Gasteiger partial charge in [0.25, 0.3) is 0 Å². The molecule has 0 saturated heterocycles. The second kappa shape index (κ2) is 7.41. The van der Waals surface area contributed by atoms with Crippen LogP contribution in [0.25, 0.3) is 0 Å². The van der Waals surface area contributed by atoms with Crippen LogP contribution in [0.3, 0.4) is 0 Å². The van der Waals surface area contributed by atoms with Gasteiger partial charge in [-0.2, -0.15) is 20.4 Å². The molecular weight excluding hydrogens is 272 g/mol. The molecule has 2 aromatic rings. The maximum absolute atomic E-state index is 4.65. The predicted molar refractivity (Wildman–Crippen MR) is 95.4 cm³/mol. The molecule has 0 aliphatic rings. The number of nitrogens with zero attached hydrogens (tertiary/aromatic N) is 4. The Morgan fingerprint density at radius 1 is 0.591 bits per heavy atom. The molecule has 0 spiro atoms. The summed E-state index contributed by atoms with van der Waals surface area (Å²) in [5.74, 6) is 0. The van der Waals surface area contributed by atoms with E-state index in [1.807, 2.05) is 98.6 Å². The van der Waals surface area contributed by atoms with E-state index in [1.54, 1.807) is 0 Å². The number of rotatable bonds is 5. The topological polar surface area (TPSA) is 31.2 Å². The van der Waals surface area contributed by atoms with Crippen LogP contribution in [0.4, 0.5) is 11.4 Å². The first-order chi connectivity index (χ1) is 10.6. The normalized spacial score (nSPS) is 9.82. The Hall–Kier alpha value is -2.62. The molecule has 2 rings (SSSR count). The molecule has 0 bridgehead atoms. The molecule has 0 N–H and O–H groups in total. The van der Waals surface area contributed by atoms with Gasteiger partial charge in [-0.25, -0.2) is 0 Å². The number of para-hydroxylation sites is 2. The van der Waals surface area contributed by atoms with Gasteiger partial charge in [0.1, 0.15) is 0 Å². The lowest BCUT2D eigenvalue weighted by Gasteiger charge is -2.30. The smallest absolute Gasteiger partial charge is 0.0856 e. The molecule has 0 aromatic heterocycles.